The summed E-state index contributed by atoms with van der Waals surface area (Å²) in [6.07, 6.45) is 1.22. The lowest BCUT2D eigenvalue weighted by molar-refractivity contribution is 0.172. The van der Waals surface area contributed by atoms with Crippen LogP contribution in [0.15, 0.2) is 12.1 Å². The van der Waals surface area contributed by atoms with Crippen molar-refractivity contribution in [2.75, 3.05) is 30.4 Å². The quantitative estimate of drug-likeness (QED) is 0.775. The minimum atomic E-state index is 0.532. The van der Waals surface area contributed by atoms with Crippen molar-refractivity contribution >= 4 is 11.4 Å². The molecular formula is C14H20N2O2. The summed E-state index contributed by atoms with van der Waals surface area (Å²) in [6.45, 7) is 6.81. The zero-order valence-corrected chi connectivity index (χ0v) is 11.0. The molecule has 2 aliphatic heterocycles. The summed E-state index contributed by atoms with van der Waals surface area (Å²) in [5, 5.41) is 0. The summed E-state index contributed by atoms with van der Waals surface area (Å²) in [4.78, 5) is 2.37. The third-order valence-electron chi connectivity index (χ3n) is 3.78. The Morgan fingerprint density at radius 1 is 1.17 bits per heavy atom. The number of nitrogen functional groups attached to an aromatic ring is 1. The first-order valence-electron chi connectivity index (χ1n) is 6.61. The van der Waals surface area contributed by atoms with Gasteiger partial charge in [-0.25, -0.2) is 0 Å². The van der Waals surface area contributed by atoms with Gasteiger partial charge in [-0.15, -0.1) is 0 Å². The standard InChI is InChI=1S/C14H20N2O2/c1-9-5-10(2)16(8-9)12-7-14-13(6-11(12)15)17-3-4-18-14/h6-7,9-10H,3-5,8,15H2,1-2H3. The molecule has 0 spiro atoms. The Hall–Kier alpha value is -1.58. The van der Waals surface area contributed by atoms with Gasteiger partial charge in [0.15, 0.2) is 11.5 Å². The van der Waals surface area contributed by atoms with Crippen LogP contribution in [-0.2, 0) is 0 Å². The number of benzene rings is 1. The number of hydrogen-bond donors (Lipinski definition) is 1. The predicted molar refractivity (Wildman–Crippen MR) is 72.4 cm³/mol. The van der Waals surface area contributed by atoms with Crippen molar-refractivity contribution in [3.05, 3.63) is 12.1 Å². The van der Waals surface area contributed by atoms with Gasteiger partial charge in [0.25, 0.3) is 0 Å². The van der Waals surface area contributed by atoms with E-state index in [0.29, 0.717) is 25.2 Å². The number of anilines is 2. The summed E-state index contributed by atoms with van der Waals surface area (Å²) in [5.41, 5.74) is 8.01. The Kier molecular flexibility index (Phi) is 2.73. The maximum absolute atomic E-state index is 6.15. The number of hydrogen-bond acceptors (Lipinski definition) is 4. The molecule has 1 aromatic carbocycles. The lowest BCUT2D eigenvalue weighted by Gasteiger charge is -2.28. The average Bonchev–Trinajstić information content (AvgIpc) is 2.67. The Morgan fingerprint density at radius 3 is 2.44 bits per heavy atom. The summed E-state index contributed by atoms with van der Waals surface area (Å²) in [7, 11) is 0. The van der Waals surface area contributed by atoms with Crippen LogP contribution in [0.2, 0.25) is 0 Å². The molecule has 1 aromatic rings. The van der Waals surface area contributed by atoms with Gasteiger partial charge in [-0.3, -0.25) is 0 Å². The van der Waals surface area contributed by atoms with Crippen LogP contribution in [0, 0.1) is 5.92 Å². The van der Waals surface area contributed by atoms with Gasteiger partial charge in [-0.1, -0.05) is 6.92 Å². The van der Waals surface area contributed by atoms with Gasteiger partial charge in [-0.2, -0.15) is 0 Å². The third kappa shape index (κ3) is 1.85. The third-order valence-corrected chi connectivity index (χ3v) is 3.78. The van der Waals surface area contributed by atoms with Crippen molar-refractivity contribution in [1.29, 1.82) is 0 Å². The fraction of sp³-hybridized carbons (Fsp3) is 0.571. The first-order valence-corrected chi connectivity index (χ1v) is 6.61. The highest BCUT2D eigenvalue weighted by Gasteiger charge is 2.28. The zero-order chi connectivity index (χ0) is 12.7. The van der Waals surface area contributed by atoms with E-state index < -0.39 is 0 Å². The predicted octanol–water partition coefficient (Wildman–Crippen LogP) is 2.27. The molecule has 2 aliphatic rings. The minimum absolute atomic E-state index is 0.532. The van der Waals surface area contributed by atoms with Crippen LogP contribution in [0.4, 0.5) is 11.4 Å². The second-order valence-electron chi connectivity index (χ2n) is 5.40. The topological polar surface area (TPSA) is 47.7 Å². The highest BCUT2D eigenvalue weighted by molar-refractivity contribution is 5.74. The van der Waals surface area contributed by atoms with Crippen molar-refractivity contribution in [2.24, 2.45) is 5.92 Å². The molecule has 2 heterocycles. The minimum Gasteiger partial charge on any atom is -0.486 e. The Labute approximate surface area is 108 Å². The summed E-state index contributed by atoms with van der Waals surface area (Å²) < 4.78 is 11.2. The molecule has 1 fully saturated rings. The Morgan fingerprint density at radius 2 is 1.83 bits per heavy atom. The molecule has 0 amide bonds. The highest BCUT2D eigenvalue weighted by atomic mass is 16.6. The lowest BCUT2D eigenvalue weighted by Crippen LogP contribution is -2.28. The highest BCUT2D eigenvalue weighted by Crippen LogP contribution is 2.41. The van der Waals surface area contributed by atoms with E-state index in [2.05, 4.69) is 18.7 Å². The lowest BCUT2D eigenvalue weighted by atomic mass is 10.1. The monoisotopic (exact) mass is 248 g/mol. The molecule has 3 rings (SSSR count). The summed E-state index contributed by atoms with van der Waals surface area (Å²) in [5.74, 6) is 2.30. The van der Waals surface area contributed by atoms with Crippen molar-refractivity contribution in [3.63, 3.8) is 0 Å². The SMILES string of the molecule is CC1CC(C)N(c2cc3c(cc2N)OCCO3)C1. The van der Waals surface area contributed by atoms with E-state index >= 15 is 0 Å². The van der Waals surface area contributed by atoms with Gasteiger partial charge >= 0.3 is 0 Å². The van der Waals surface area contributed by atoms with Crippen LogP contribution in [0.3, 0.4) is 0 Å². The number of ether oxygens (including phenoxy) is 2. The Balaban J connectivity index is 1.97. The second kappa shape index (κ2) is 4.26. The van der Waals surface area contributed by atoms with Crippen molar-refractivity contribution in [2.45, 2.75) is 26.3 Å². The molecule has 1 saturated heterocycles. The van der Waals surface area contributed by atoms with Gasteiger partial charge < -0.3 is 20.1 Å². The molecule has 4 heteroatoms. The maximum atomic E-state index is 6.15. The van der Waals surface area contributed by atoms with Crippen molar-refractivity contribution in [3.8, 4) is 11.5 Å². The number of nitrogens with zero attached hydrogens (tertiary/aromatic N) is 1. The van der Waals surface area contributed by atoms with E-state index in [0.717, 1.165) is 29.4 Å². The molecule has 2 atom stereocenters. The van der Waals surface area contributed by atoms with Crippen LogP contribution < -0.4 is 20.1 Å². The van der Waals surface area contributed by atoms with Crippen molar-refractivity contribution in [1.82, 2.24) is 0 Å². The molecule has 0 aliphatic carbocycles. The zero-order valence-electron chi connectivity index (χ0n) is 11.0. The van der Waals surface area contributed by atoms with Crippen molar-refractivity contribution < 1.29 is 9.47 Å². The molecule has 0 radical (unpaired) electrons. The fourth-order valence-corrected chi connectivity index (χ4v) is 2.98. The molecular weight excluding hydrogens is 228 g/mol. The number of nitrogens with two attached hydrogens (primary N) is 1. The molecule has 2 N–H and O–H groups in total. The maximum Gasteiger partial charge on any atom is 0.163 e. The van der Waals surface area contributed by atoms with E-state index in [1.165, 1.54) is 6.42 Å². The van der Waals surface area contributed by atoms with Crippen LogP contribution in [0.25, 0.3) is 0 Å². The number of rotatable bonds is 1. The summed E-state index contributed by atoms with van der Waals surface area (Å²) in [6, 6.07) is 4.45. The van der Waals surface area contributed by atoms with Crippen LogP contribution in [0.1, 0.15) is 20.3 Å². The van der Waals surface area contributed by atoms with E-state index in [1.54, 1.807) is 0 Å². The van der Waals surface area contributed by atoms with Gasteiger partial charge in [0, 0.05) is 24.7 Å². The molecule has 0 aromatic heterocycles. The molecule has 18 heavy (non-hydrogen) atoms. The van der Waals surface area contributed by atoms with Gasteiger partial charge in [0.05, 0.1) is 11.4 Å². The molecule has 2 unspecified atom stereocenters. The normalized spacial score (nSPS) is 26.4. The van der Waals surface area contributed by atoms with Crippen LogP contribution >= 0.6 is 0 Å². The van der Waals surface area contributed by atoms with Crippen LogP contribution in [-0.4, -0.2) is 25.8 Å². The number of fused-ring (bicyclic) bond motifs is 1. The van der Waals surface area contributed by atoms with Gasteiger partial charge in [-0.05, 0) is 19.3 Å². The fourth-order valence-electron chi connectivity index (χ4n) is 2.98. The summed E-state index contributed by atoms with van der Waals surface area (Å²) >= 11 is 0. The van der Waals surface area contributed by atoms with E-state index in [-0.39, 0.29) is 0 Å². The molecule has 0 bridgehead atoms. The first kappa shape index (κ1) is 11.5. The Bertz CT molecular complexity index is 461. The molecule has 4 nitrogen and oxygen atoms in total. The first-order chi connectivity index (χ1) is 8.65. The van der Waals surface area contributed by atoms with Gasteiger partial charge in [0.2, 0.25) is 0 Å². The van der Waals surface area contributed by atoms with Gasteiger partial charge in [0.1, 0.15) is 13.2 Å². The second-order valence-corrected chi connectivity index (χ2v) is 5.40. The van der Waals surface area contributed by atoms with E-state index in [4.69, 9.17) is 15.2 Å². The molecule has 98 valence electrons. The average molecular weight is 248 g/mol. The van der Waals surface area contributed by atoms with Crippen LogP contribution in [0.5, 0.6) is 11.5 Å². The van der Waals surface area contributed by atoms with E-state index in [1.807, 2.05) is 12.1 Å². The smallest absolute Gasteiger partial charge is 0.163 e. The molecule has 0 saturated carbocycles. The largest absolute Gasteiger partial charge is 0.486 e. The van der Waals surface area contributed by atoms with E-state index in [9.17, 15) is 0 Å².